The Morgan fingerprint density at radius 2 is 2.08 bits per heavy atom. The zero-order valence-corrected chi connectivity index (χ0v) is 13.9. The summed E-state index contributed by atoms with van der Waals surface area (Å²) in [6, 6.07) is 12.9. The third-order valence-electron chi connectivity index (χ3n) is 3.77. The van der Waals surface area contributed by atoms with Crippen LogP contribution in [0.15, 0.2) is 59.3 Å². The van der Waals surface area contributed by atoms with Crippen LogP contribution in [0.2, 0.25) is 0 Å². The highest BCUT2D eigenvalue weighted by atomic mass is 16.4. The van der Waals surface area contributed by atoms with Crippen LogP contribution in [0.4, 0.5) is 0 Å². The Bertz CT molecular complexity index is 799. The van der Waals surface area contributed by atoms with Gasteiger partial charge in [-0.25, -0.2) is 4.68 Å². The molecular weight excluding hydrogens is 320 g/mol. The highest BCUT2D eigenvalue weighted by Gasteiger charge is 2.17. The van der Waals surface area contributed by atoms with Crippen molar-refractivity contribution in [3.63, 3.8) is 0 Å². The average Bonchev–Trinajstić information content (AvgIpc) is 3.27. The molecule has 0 aliphatic rings. The number of aliphatic hydroxyl groups is 1. The molecule has 0 radical (unpaired) electrons. The van der Waals surface area contributed by atoms with Crippen molar-refractivity contribution < 1.29 is 14.3 Å². The van der Waals surface area contributed by atoms with Crippen molar-refractivity contribution in [2.24, 2.45) is 0 Å². The molecule has 0 fully saturated rings. The summed E-state index contributed by atoms with van der Waals surface area (Å²) in [4.78, 5) is 12.1. The molecule has 2 unspecified atom stereocenters. The molecule has 2 heterocycles. The Morgan fingerprint density at radius 3 is 2.80 bits per heavy atom. The van der Waals surface area contributed by atoms with E-state index in [1.807, 2.05) is 37.3 Å². The lowest BCUT2D eigenvalue weighted by Gasteiger charge is -2.16. The Balaban J connectivity index is 1.51. The Labute approximate surface area is 145 Å². The molecule has 2 atom stereocenters. The third-order valence-corrected chi connectivity index (χ3v) is 3.77. The van der Waals surface area contributed by atoms with Gasteiger partial charge in [-0.15, -0.1) is 5.10 Å². The summed E-state index contributed by atoms with van der Waals surface area (Å²) in [5, 5.41) is 20.9. The van der Waals surface area contributed by atoms with Gasteiger partial charge in [0.2, 0.25) is 5.91 Å². The molecule has 3 rings (SSSR count). The number of benzene rings is 1. The summed E-state index contributed by atoms with van der Waals surface area (Å²) in [6.45, 7) is 1.90. The number of hydrogen-bond acceptors (Lipinski definition) is 5. The van der Waals surface area contributed by atoms with Crippen molar-refractivity contribution in [3.05, 3.63) is 60.7 Å². The van der Waals surface area contributed by atoms with Gasteiger partial charge in [-0.1, -0.05) is 35.5 Å². The lowest BCUT2D eigenvalue weighted by atomic mass is 10.1. The Hall–Kier alpha value is -2.93. The molecule has 1 aromatic carbocycles. The summed E-state index contributed by atoms with van der Waals surface area (Å²) in [5.74, 6) is 0.300. The molecule has 1 amide bonds. The largest absolute Gasteiger partial charge is 0.467 e. The molecule has 130 valence electrons. The van der Waals surface area contributed by atoms with Gasteiger partial charge in [-0.3, -0.25) is 4.79 Å². The van der Waals surface area contributed by atoms with Crippen LogP contribution in [0.25, 0.3) is 11.3 Å². The number of furan rings is 1. The molecular formula is C18H20N4O3. The number of hydrogen-bond donors (Lipinski definition) is 2. The lowest BCUT2D eigenvalue weighted by Crippen LogP contribution is -2.36. The van der Waals surface area contributed by atoms with Crippen LogP contribution in [-0.4, -0.2) is 32.0 Å². The zero-order chi connectivity index (χ0) is 17.6. The maximum absolute atomic E-state index is 12.1. The molecule has 7 nitrogen and oxygen atoms in total. The normalized spacial score (nSPS) is 13.4. The van der Waals surface area contributed by atoms with Gasteiger partial charge in [-0.05, 0) is 19.1 Å². The molecule has 0 saturated heterocycles. The van der Waals surface area contributed by atoms with Crippen LogP contribution >= 0.6 is 0 Å². The first kappa shape index (κ1) is 16.9. The van der Waals surface area contributed by atoms with E-state index in [0.717, 1.165) is 11.3 Å². The van der Waals surface area contributed by atoms with Gasteiger partial charge in [0.15, 0.2) is 0 Å². The van der Waals surface area contributed by atoms with E-state index < -0.39 is 6.10 Å². The number of carbonyl (C=O) groups is 1. The second-order valence-corrected chi connectivity index (χ2v) is 5.90. The quantitative estimate of drug-likeness (QED) is 0.687. The van der Waals surface area contributed by atoms with Crippen molar-refractivity contribution in [3.8, 4) is 11.3 Å². The minimum Gasteiger partial charge on any atom is -0.467 e. The molecule has 0 spiro atoms. The van der Waals surface area contributed by atoms with Crippen LogP contribution in [0, 0.1) is 0 Å². The standard InChI is InChI=1S/C18H20N4O3/c1-13(10-16(23)17-8-5-9-25-17)19-18(24)12-22-11-15(20-21-22)14-6-3-2-4-7-14/h2-9,11,13,16,23H,10,12H2,1H3,(H,19,24). The van der Waals surface area contributed by atoms with E-state index in [-0.39, 0.29) is 18.5 Å². The smallest absolute Gasteiger partial charge is 0.242 e. The van der Waals surface area contributed by atoms with Gasteiger partial charge < -0.3 is 14.8 Å². The van der Waals surface area contributed by atoms with Crippen LogP contribution in [0.5, 0.6) is 0 Å². The van der Waals surface area contributed by atoms with Crippen molar-refractivity contribution in [1.82, 2.24) is 20.3 Å². The highest BCUT2D eigenvalue weighted by molar-refractivity contribution is 5.76. The van der Waals surface area contributed by atoms with E-state index in [9.17, 15) is 9.90 Å². The summed E-state index contributed by atoms with van der Waals surface area (Å²) in [7, 11) is 0. The van der Waals surface area contributed by atoms with Crippen molar-refractivity contribution in [2.45, 2.75) is 32.0 Å². The molecule has 2 aromatic heterocycles. The first-order valence-electron chi connectivity index (χ1n) is 8.08. The fraction of sp³-hybridized carbons (Fsp3) is 0.278. The number of aliphatic hydroxyl groups excluding tert-OH is 1. The number of carbonyl (C=O) groups excluding carboxylic acids is 1. The topological polar surface area (TPSA) is 93.2 Å². The molecule has 0 bridgehead atoms. The van der Waals surface area contributed by atoms with E-state index in [0.29, 0.717) is 12.2 Å². The summed E-state index contributed by atoms with van der Waals surface area (Å²) >= 11 is 0. The van der Waals surface area contributed by atoms with E-state index in [4.69, 9.17) is 4.42 Å². The van der Waals surface area contributed by atoms with E-state index in [1.54, 1.807) is 18.3 Å². The van der Waals surface area contributed by atoms with Crippen molar-refractivity contribution in [1.29, 1.82) is 0 Å². The number of nitrogens with zero attached hydrogens (tertiary/aromatic N) is 3. The molecule has 0 aliphatic carbocycles. The van der Waals surface area contributed by atoms with Crippen LogP contribution in [0.1, 0.15) is 25.2 Å². The second kappa shape index (κ2) is 7.76. The average molecular weight is 340 g/mol. The van der Waals surface area contributed by atoms with E-state index in [1.165, 1.54) is 10.9 Å². The first-order valence-corrected chi connectivity index (χ1v) is 8.08. The molecule has 0 aliphatic heterocycles. The SMILES string of the molecule is CC(CC(O)c1ccco1)NC(=O)Cn1cc(-c2ccccc2)nn1. The van der Waals surface area contributed by atoms with Gasteiger partial charge in [-0.2, -0.15) is 0 Å². The molecule has 25 heavy (non-hydrogen) atoms. The maximum atomic E-state index is 12.1. The van der Waals surface area contributed by atoms with E-state index in [2.05, 4.69) is 15.6 Å². The molecule has 3 aromatic rings. The first-order chi connectivity index (χ1) is 12.1. The minimum absolute atomic E-state index is 0.0705. The van der Waals surface area contributed by atoms with Gasteiger partial charge in [0.25, 0.3) is 0 Å². The number of nitrogens with one attached hydrogen (secondary N) is 1. The number of aromatic nitrogens is 3. The molecule has 2 N–H and O–H groups in total. The monoisotopic (exact) mass is 340 g/mol. The summed E-state index contributed by atoms with van der Waals surface area (Å²) in [6.07, 6.45) is 2.86. The Morgan fingerprint density at radius 1 is 1.28 bits per heavy atom. The minimum atomic E-state index is -0.749. The predicted octanol–water partition coefficient (Wildman–Crippen LogP) is 2.17. The van der Waals surface area contributed by atoms with Crippen molar-refractivity contribution in [2.75, 3.05) is 0 Å². The summed E-state index contributed by atoms with van der Waals surface area (Å²) < 4.78 is 6.65. The molecule has 7 heteroatoms. The van der Waals surface area contributed by atoms with Gasteiger partial charge in [0, 0.05) is 18.0 Å². The number of rotatable bonds is 7. The zero-order valence-electron chi connectivity index (χ0n) is 13.9. The fourth-order valence-electron chi connectivity index (χ4n) is 2.58. The lowest BCUT2D eigenvalue weighted by molar-refractivity contribution is -0.122. The van der Waals surface area contributed by atoms with E-state index >= 15 is 0 Å². The van der Waals surface area contributed by atoms with Gasteiger partial charge in [0.05, 0.1) is 12.5 Å². The Kier molecular flexibility index (Phi) is 5.25. The van der Waals surface area contributed by atoms with Crippen LogP contribution in [-0.2, 0) is 11.3 Å². The van der Waals surface area contributed by atoms with Gasteiger partial charge >= 0.3 is 0 Å². The maximum Gasteiger partial charge on any atom is 0.242 e. The van der Waals surface area contributed by atoms with Crippen molar-refractivity contribution >= 4 is 5.91 Å². The second-order valence-electron chi connectivity index (χ2n) is 5.90. The number of amides is 1. The van der Waals surface area contributed by atoms with Gasteiger partial charge in [0.1, 0.15) is 24.1 Å². The summed E-state index contributed by atoms with van der Waals surface area (Å²) in [5.41, 5.74) is 1.67. The molecule has 0 saturated carbocycles. The van der Waals surface area contributed by atoms with Crippen LogP contribution in [0.3, 0.4) is 0 Å². The highest BCUT2D eigenvalue weighted by Crippen LogP contribution is 2.18. The third kappa shape index (κ3) is 4.54. The van der Waals surface area contributed by atoms with Crippen LogP contribution < -0.4 is 5.32 Å². The predicted molar refractivity (Wildman–Crippen MR) is 91.3 cm³/mol. The fourth-order valence-corrected chi connectivity index (χ4v) is 2.58.